The predicted octanol–water partition coefficient (Wildman–Crippen LogP) is 3.72. The highest BCUT2D eigenvalue weighted by Crippen LogP contribution is 2.40. The second-order valence-corrected chi connectivity index (χ2v) is 5.71. The van der Waals surface area contributed by atoms with Gasteiger partial charge in [0.2, 0.25) is 0 Å². The lowest BCUT2D eigenvalue weighted by atomic mass is 10.1. The van der Waals surface area contributed by atoms with Crippen molar-refractivity contribution >= 4 is 23.1 Å². The number of hydrogen-bond donors (Lipinski definition) is 0. The predicted molar refractivity (Wildman–Crippen MR) is 92.3 cm³/mol. The van der Waals surface area contributed by atoms with Crippen molar-refractivity contribution in [2.75, 3.05) is 6.61 Å². The van der Waals surface area contributed by atoms with Crippen LogP contribution in [0.3, 0.4) is 0 Å². The highest BCUT2D eigenvalue weighted by molar-refractivity contribution is 6.18. The molecule has 0 aliphatic heterocycles. The van der Waals surface area contributed by atoms with Crippen LogP contribution in [0.15, 0.2) is 42.5 Å². The van der Waals surface area contributed by atoms with Crippen molar-refractivity contribution in [2.24, 2.45) is 0 Å². The number of allylic oxidation sites excluding steroid dienone is 2. The summed E-state index contributed by atoms with van der Waals surface area (Å²) in [5, 5.41) is 0. The number of esters is 1. The van der Waals surface area contributed by atoms with Gasteiger partial charge in [-0.1, -0.05) is 30.8 Å². The van der Waals surface area contributed by atoms with Gasteiger partial charge < -0.3 is 4.74 Å². The molecule has 125 valence electrons. The van der Waals surface area contributed by atoms with Crippen LogP contribution in [0.1, 0.15) is 48.5 Å². The molecule has 0 unspecified atom stereocenters. The van der Waals surface area contributed by atoms with E-state index in [1.165, 1.54) is 6.92 Å². The van der Waals surface area contributed by atoms with Crippen LogP contribution in [0.5, 0.6) is 0 Å². The van der Waals surface area contributed by atoms with Crippen LogP contribution in [0.25, 0.3) is 5.57 Å². The summed E-state index contributed by atoms with van der Waals surface area (Å²) >= 11 is 0. The van der Waals surface area contributed by atoms with Crippen molar-refractivity contribution in [3.63, 3.8) is 0 Å². The number of ether oxygens (including phenoxy) is 1. The van der Waals surface area contributed by atoms with Gasteiger partial charge in [0.25, 0.3) is 0 Å². The molecule has 24 heavy (non-hydrogen) atoms. The van der Waals surface area contributed by atoms with Gasteiger partial charge in [-0.3, -0.25) is 9.59 Å². The van der Waals surface area contributed by atoms with E-state index in [1.54, 1.807) is 12.1 Å². The molecule has 1 aromatic carbocycles. The molecule has 1 aliphatic carbocycles. The van der Waals surface area contributed by atoms with Crippen molar-refractivity contribution in [2.45, 2.75) is 32.6 Å². The van der Waals surface area contributed by atoms with Crippen LogP contribution in [-0.2, 0) is 14.3 Å². The summed E-state index contributed by atoms with van der Waals surface area (Å²) in [4.78, 5) is 34.2. The first kappa shape index (κ1) is 17.9. The Hall–Kier alpha value is -2.49. The third kappa shape index (κ3) is 5.01. The summed E-state index contributed by atoms with van der Waals surface area (Å²) in [6.45, 7) is 5.22. The molecule has 0 amide bonds. The summed E-state index contributed by atoms with van der Waals surface area (Å²) in [6, 6.07) is 7.31. The zero-order valence-electron chi connectivity index (χ0n) is 13.8. The fourth-order valence-corrected chi connectivity index (χ4v) is 2.39. The molecule has 0 saturated carbocycles. The summed E-state index contributed by atoms with van der Waals surface area (Å²) < 4.78 is 4.88. The fourth-order valence-electron chi connectivity index (χ4n) is 2.39. The maximum Gasteiger partial charge on any atom is 0.330 e. The van der Waals surface area contributed by atoms with E-state index in [-0.39, 0.29) is 11.6 Å². The van der Waals surface area contributed by atoms with E-state index < -0.39 is 5.97 Å². The van der Waals surface area contributed by atoms with E-state index in [0.717, 1.165) is 42.0 Å². The van der Waals surface area contributed by atoms with Crippen molar-refractivity contribution in [3.05, 3.63) is 60.0 Å². The van der Waals surface area contributed by atoms with Crippen molar-refractivity contribution in [1.82, 2.24) is 0 Å². The number of hydrogen-bond acceptors (Lipinski definition) is 4. The molecule has 0 atom stereocenters. The molecule has 0 fully saturated rings. The Morgan fingerprint density at radius 2 is 1.79 bits per heavy atom. The van der Waals surface area contributed by atoms with Gasteiger partial charge >= 0.3 is 5.97 Å². The lowest BCUT2D eigenvalue weighted by Gasteiger charge is -2.01. The first-order valence-electron chi connectivity index (χ1n) is 8.05. The normalized spacial score (nSPS) is 12.7. The van der Waals surface area contributed by atoms with Gasteiger partial charge in [0.05, 0.1) is 6.61 Å². The Labute approximate surface area is 142 Å². The quantitative estimate of drug-likeness (QED) is 0.285. The molecule has 1 aromatic rings. The minimum atomic E-state index is -0.413. The molecule has 2 rings (SSSR count). The molecular weight excluding hydrogens is 304 g/mol. The summed E-state index contributed by atoms with van der Waals surface area (Å²) in [5.41, 5.74) is 3.39. The van der Waals surface area contributed by atoms with E-state index in [9.17, 15) is 14.4 Å². The Morgan fingerprint density at radius 1 is 1.08 bits per heavy atom. The largest absolute Gasteiger partial charge is 0.463 e. The van der Waals surface area contributed by atoms with Crippen molar-refractivity contribution in [1.29, 1.82) is 0 Å². The molecular formula is C20H21O4. The molecule has 0 bridgehead atoms. The highest BCUT2D eigenvalue weighted by Gasteiger charge is 2.29. The number of carbonyl (C=O) groups excluding carboxylic acids is 3. The third-order valence-electron chi connectivity index (χ3n) is 3.86. The van der Waals surface area contributed by atoms with E-state index >= 15 is 0 Å². The molecule has 4 heteroatoms. The Morgan fingerprint density at radius 3 is 2.42 bits per heavy atom. The van der Waals surface area contributed by atoms with Crippen LogP contribution in [0.4, 0.5) is 0 Å². The summed E-state index contributed by atoms with van der Waals surface area (Å²) in [7, 11) is 0. The number of unbranched alkanes of at least 4 members (excludes halogenated alkanes) is 2. The molecule has 1 aliphatic rings. The molecule has 0 aromatic heterocycles. The zero-order chi connectivity index (χ0) is 17.5. The van der Waals surface area contributed by atoms with Gasteiger partial charge in [-0.25, -0.2) is 4.79 Å². The maximum absolute atomic E-state index is 12.1. The molecule has 0 heterocycles. The number of carbonyl (C=O) groups is 3. The van der Waals surface area contributed by atoms with E-state index in [0.29, 0.717) is 18.6 Å². The monoisotopic (exact) mass is 325 g/mol. The van der Waals surface area contributed by atoms with E-state index in [1.807, 2.05) is 18.6 Å². The van der Waals surface area contributed by atoms with E-state index in [2.05, 4.69) is 6.58 Å². The molecule has 4 nitrogen and oxygen atoms in total. The third-order valence-corrected chi connectivity index (χ3v) is 3.86. The van der Waals surface area contributed by atoms with Gasteiger partial charge in [0, 0.05) is 30.1 Å². The van der Waals surface area contributed by atoms with Crippen molar-refractivity contribution in [3.8, 4) is 0 Å². The number of rotatable bonds is 10. The highest BCUT2D eigenvalue weighted by atomic mass is 16.5. The first-order chi connectivity index (χ1) is 11.5. The summed E-state index contributed by atoms with van der Waals surface area (Å²) in [5.74, 6) is -0.238. The molecule has 0 spiro atoms. The fraction of sp³-hybridized carbons (Fsp3) is 0.300. The van der Waals surface area contributed by atoms with E-state index in [4.69, 9.17) is 4.74 Å². The maximum atomic E-state index is 12.1. The minimum absolute atomic E-state index is 0.0328. The molecule has 0 saturated heterocycles. The standard InChI is InChI=1S/C20H21O4/c1-3-20(23)24-12-6-4-5-7-19(22)18-13-17(18)16-10-8-15(9-11-16)14(2)21/h3,8-11,13H,1,4-7,12H2,2H3. The van der Waals surface area contributed by atoms with Crippen LogP contribution < -0.4 is 0 Å². The Kier molecular flexibility index (Phi) is 6.24. The summed E-state index contributed by atoms with van der Waals surface area (Å²) in [6.07, 6.45) is 5.89. The van der Waals surface area contributed by atoms with Gasteiger partial charge in [0.1, 0.15) is 0 Å². The van der Waals surface area contributed by atoms with Gasteiger partial charge in [-0.15, -0.1) is 0 Å². The van der Waals surface area contributed by atoms with Crippen LogP contribution >= 0.6 is 0 Å². The lowest BCUT2D eigenvalue weighted by molar-refractivity contribution is -0.137. The first-order valence-corrected chi connectivity index (χ1v) is 8.05. The van der Waals surface area contributed by atoms with Crippen molar-refractivity contribution < 1.29 is 19.1 Å². The van der Waals surface area contributed by atoms with Crippen LogP contribution in [-0.4, -0.2) is 24.1 Å². The molecule has 1 radical (unpaired) electrons. The number of ketones is 2. The smallest absolute Gasteiger partial charge is 0.330 e. The number of Topliss-reactive ketones (excluding diaryl/α,β-unsaturated/α-hetero) is 2. The van der Waals surface area contributed by atoms with Crippen LogP contribution in [0.2, 0.25) is 0 Å². The van der Waals surface area contributed by atoms with Crippen LogP contribution in [0, 0.1) is 6.42 Å². The SMILES string of the molecule is C=CC(=O)OCCCCCC(=O)C1=C(c2ccc(C(C)=O)cc2)[CH]1. The lowest BCUT2D eigenvalue weighted by Crippen LogP contribution is -2.02. The average Bonchev–Trinajstić information content (AvgIpc) is 3.38. The zero-order valence-corrected chi connectivity index (χ0v) is 13.8. The average molecular weight is 325 g/mol. The molecule has 0 N–H and O–H groups in total. The number of benzene rings is 1. The Balaban J connectivity index is 1.73. The van der Waals surface area contributed by atoms with Gasteiger partial charge in [-0.05, 0) is 37.3 Å². The second kappa shape index (κ2) is 8.39. The van der Waals surface area contributed by atoms with Gasteiger partial charge in [0.15, 0.2) is 11.6 Å². The minimum Gasteiger partial charge on any atom is -0.463 e. The van der Waals surface area contributed by atoms with Gasteiger partial charge in [-0.2, -0.15) is 0 Å². The Bertz CT molecular complexity index is 680. The topological polar surface area (TPSA) is 60.4 Å². The second-order valence-electron chi connectivity index (χ2n) is 5.71.